The Kier molecular flexibility index (Phi) is 4.42. The van der Waals surface area contributed by atoms with Crippen molar-refractivity contribution in [2.75, 3.05) is 19.0 Å². The number of amides is 1. The Hall–Kier alpha value is -2.57. The van der Waals surface area contributed by atoms with E-state index in [0.29, 0.717) is 12.4 Å². The lowest BCUT2D eigenvalue weighted by molar-refractivity contribution is 0.0933. The van der Waals surface area contributed by atoms with Gasteiger partial charge >= 0.3 is 0 Å². The first-order valence-corrected chi connectivity index (χ1v) is 7.72. The van der Waals surface area contributed by atoms with Gasteiger partial charge in [0.15, 0.2) is 11.6 Å². The molecule has 3 rings (SSSR count). The minimum absolute atomic E-state index is 0.0769. The van der Waals surface area contributed by atoms with Crippen LogP contribution in [-0.4, -0.2) is 36.0 Å². The van der Waals surface area contributed by atoms with Gasteiger partial charge in [0.25, 0.3) is 5.91 Å². The van der Waals surface area contributed by atoms with Crippen molar-refractivity contribution in [2.24, 2.45) is 0 Å². The summed E-state index contributed by atoms with van der Waals surface area (Å²) in [6, 6.07) is 3.06. The zero-order valence-electron chi connectivity index (χ0n) is 13.5. The first-order chi connectivity index (χ1) is 11.4. The van der Waals surface area contributed by atoms with Gasteiger partial charge < -0.3 is 10.2 Å². The summed E-state index contributed by atoms with van der Waals surface area (Å²) in [5, 5.41) is 2.87. The van der Waals surface area contributed by atoms with Crippen LogP contribution in [0.5, 0.6) is 0 Å². The van der Waals surface area contributed by atoms with Crippen LogP contribution in [0.25, 0.3) is 0 Å². The van der Waals surface area contributed by atoms with Gasteiger partial charge in [-0.15, -0.1) is 0 Å². The Morgan fingerprint density at radius 1 is 1.29 bits per heavy atom. The van der Waals surface area contributed by atoms with Crippen LogP contribution in [0, 0.1) is 11.6 Å². The molecule has 1 amide bonds. The third-order valence-electron chi connectivity index (χ3n) is 4.05. The summed E-state index contributed by atoms with van der Waals surface area (Å²) in [5.41, 5.74) is 2.10. The minimum Gasteiger partial charge on any atom is -0.349 e. The molecule has 1 N–H and O–H groups in total. The summed E-state index contributed by atoms with van der Waals surface area (Å²) in [5.74, 6) is -1.74. The van der Waals surface area contributed by atoms with Crippen LogP contribution in [0.4, 0.5) is 14.7 Å². The molecule has 1 atom stereocenters. The zero-order valence-corrected chi connectivity index (χ0v) is 13.5. The highest BCUT2D eigenvalue weighted by atomic mass is 19.2. The Balaban J connectivity index is 1.69. The second-order valence-electron chi connectivity index (χ2n) is 6.08. The van der Waals surface area contributed by atoms with Crippen LogP contribution in [0.1, 0.15) is 28.0 Å². The van der Waals surface area contributed by atoms with Crippen molar-refractivity contribution in [1.82, 2.24) is 15.3 Å². The van der Waals surface area contributed by atoms with Gasteiger partial charge in [-0.3, -0.25) is 4.79 Å². The van der Waals surface area contributed by atoms with Crippen LogP contribution in [0.2, 0.25) is 0 Å². The van der Waals surface area contributed by atoms with Gasteiger partial charge in [0.05, 0.1) is 0 Å². The standard InChI is InChI=1S/C17H18F2N4O/c1-23(2)17-20-9-11-7-12(4-6-15(11)22-17)21-16(24)10-3-5-13(18)14(19)8-10/h3,5,8-9,12H,4,6-7H2,1-2H3,(H,21,24)/t12-/m1/s1. The summed E-state index contributed by atoms with van der Waals surface area (Å²) in [6.45, 7) is 0. The van der Waals surface area contributed by atoms with E-state index in [9.17, 15) is 13.6 Å². The second kappa shape index (κ2) is 6.51. The van der Waals surface area contributed by atoms with Gasteiger partial charge in [0.1, 0.15) is 0 Å². The number of aryl methyl sites for hydroxylation is 1. The lowest BCUT2D eigenvalue weighted by Gasteiger charge is -2.25. The van der Waals surface area contributed by atoms with E-state index >= 15 is 0 Å². The molecule has 1 aliphatic carbocycles. The molecule has 0 spiro atoms. The molecule has 0 saturated heterocycles. The minimum atomic E-state index is -1.03. The molecule has 24 heavy (non-hydrogen) atoms. The van der Waals surface area contributed by atoms with E-state index in [4.69, 9.17) is 0 Å². The number of hydrogen-bond acceptors (Lipinski definition) is 4. The lowest BCUT2D eigenvalue weighted by atomic mass is 9.92. The molecule has 5 nitrogen and oxygen atoms in total. The van der Waals surface area contributed by atoms with Crippen LogP contribution in [-0.2, 0) is 12.8 Å². The number of nitrogens with zero attached hydrogens (tertiary/aromatic N) is 3. The maximum Gasteiger partial charge on any atom is 0.251 e. The molecule has 2 aromatic rings. The molecule has 0 radical (unpaired) electrons. The fourth-order valence-corrected chi connectivity index (χ4v) is 2.74. The van der Waals surface area contributed by atoms with Gasteiger partial charge in [-0.25, -0.2) is 18.7 Å². The highest BCUT2D eigenvalue weighted by molar-refractivity contribution is 5.94. The van der Waals surface area contributed by atoms with Crippen LogP contribution in [0.15, 0.2) is 24.4 Å². The molecule has 0 aliphatic heterocycles. The summed E-state index contributed by atoms with van der Waals surface area (Å²) < 4.78 is 26.2. The Labute approximate surface area is 138 Å². The Bertz CT molecular complexity index is 779. The third kappa shape index (κ3) is 3.34. The molecule has 1 aromatic carbocycles. The zero-order chi connectivity index (χ0) is 17.3. The number of rotatable bonds is 3. The topological polar surface area (TPSA) is 58.1 Å². The van der Waals surface area contributed by atoms with Crippen molar-refractivity contribution in [1.29, 1.82) is 0 Å². The molecule has 0 unspecified atom stereocenters. The monoisotopic (exact) mass is 332 g/mol. The lowest BCUT2D eigenvalue weighted by Crippen LogP contribution is -2.39. The Morgan fingerprint density at radius 3 is 2.79 bits per heavy atom. The van der Waals surface area contributed by atoms with E-state index in [-0.39, 0.29) is 11.6 Å². The number of nitrogens with one attached hydrogen (secondary N) is 1. The summed E-state index contributed by atoms with van der Waals surface area (Å²) in [6.07, 6.45) is 3.89. The first kappa shape index (κ1) is 16.3. The van der Waals surface area contributed by atoms with E-state index in [1.807, 2.05) is 19.0 Å². The van der Waals surface area contributed by atoms with Crippen molar-refractivity contribution in [3.63, 3.8) is 0 Å². The van der Waals surface area contributed by atoms with Crippen LogP contribution >= 0.6 is 0 Å². The molecule has 1 aromatic heterocycles. The molecule has 1 heterocycles. The molecular formula is C17H18F2N4O. The number of halogens is 2. The maximum atomic E-state index is 13.2. The van der Waals surface area contributed by atoms with Gasteiger partial charge in [-0.05, 0) is 43.0 Å². The largest absolute Gasteiger partial charge is 0.349 e. The van der Waals surface area contributed by atoms with Gasteiger partial charge in [-0.2, -0.15) is 0 Å². The van der Waals surface area contributed by atoms with Crippen molar-refractivity contribution in [3.05, 3.63) is 52.9 Å². The normalized spacial score (nSPS) is 16.4. The molecule has 0 fully saturated rings. The van der Waals surface area contributed by atoms with Crippen molar-refractivity contribution >= 4 is 11.9 Å². The predicted molar refractivity (Wildman–Crippen MR) is 86.0 cm³/mol. The number of carbonyl (C=O) groups is 1. The molecule has 0 bridgehead atoms. The highest BCUT2D eigenvalue weighted by Gasteiger charge is 2.23. The van der Waals surface area contributed by atoms with Gasteiger partial charge in [0.2, 0.25) is 5.95 Å². The fourth-order valence-electron chi connectivity index (χ4n) is 2.74. The fraction of sp³-hybridized carbons (Fsp3) is 0.353. The highest BCUT2D eigenvalue weighted by Crippen LogP contribution is 2.21. The number of hydrogen-bond donors (Lipinski definition) is 1. The number of aromatic nitrogens is 2. The molecule has 0 saturated carbocycles. The predicted octanol–water partition coefficient (Wildman–Crippen LogP) is 2.11. The quantitative estimate of drug-likeness (QED) is 0.935. The summed E-state index contributed by atoms with van der Waals surface area (Å²) >= 11 is 0. The third-order valence-corrected chi connectivity index (χ3v) is 4.05. The van der Waals surface area contributed by atoms with E-state index in [1.54, 1.807) is 6.20 Å². The Morgan fingerprint density at radius 2 is 2.08 bits per heavy atom. The van der Waals surface area contributed by atoms with E-state index in [1.165, 1.54) is 6.07 Å². The molecule has 1 aliphatic rings. The van der Waals surface area contributed by atoms with E-state index < -0.39 is 17.5 Å². The smallest absolute Gasteiger partial charge is 0.251 e. The van der Waals surface area contributed by atoms with Crippen LogP contribution in [0.3, 0.4) is 0 Å². The first-order valence-electron chi connectivity index (χ1n) is 7.72. The van der Waals surface area contributed by atoms with Crippen molar-refractivity contribution in [3.8, 4) is 0 Å². The number of carbonyl (C=O) groups excluding carboxylic acids is 1. The average molecular weight is 332 g/mol. The molecule has 7 heteroatoms. The summed E-state index contributed by atoms with van der Waals surface area (Å²) in [4.78, 5) is 22.9. The molecule has 126 valence electrons. The van der Waals surface area contributed by atoms with Crippen molar-refractivity contribution in [2.45, 2.75) is 25.3 Å². The van der Waals surface area contributed by atoms with Gasteiger partial charge in [0, 0.05) is 37.6 Å². The second-order valence-corrected chi connectivity index (χ2v) is 6.08. The number of benzene rings is 1. The SMILES string of the molecule is CN(C)c1ncc2c(n1)CC[C@@H](NC(=O)c1ccc(F)c(F)c1)C2. The maximum absolute atomic E-state index is 13.2. The summed E-state index contributed by atoms with van der Waals surface area (Å²) in [7, 11) is 3.77. The molecular weight excluding hydrogens is 314 g/mol. The van der Waals surface area contributed by atoms with E-state index in [0.717, 1.165) is 36.2 Å². The van der Waals surface area contributed by atoms with Gasteiger partial charge in [-0.1, -0.05) is 0 Å². The van der Waals surface area contributed by atoms with E-state index in [2.05, 4.69) is 15.3 Å². The average Bonchev–Trinajstić information content (AvgIpc) is 2.56. The van der Waals surface area contributed by atoms with Crippen LogP contribution < -0.4 is 10.2 Å². The number of anilines is 1. The van der Waals surface area contributed by atoms with Crippen molar-refractivity contribution < 1.29 is 13.6 Å². The number of fused-ring (bicyclic) bond motifs is 1.